The van der Waals surface area contributed by atoms with Gasteiger partial charge in [-0.1, -0.05) is 23.8 Å². The van der Waals surface area contributed by atoms with Gasteiger partial charge in [0.05, 0.1) is 17.4 Å². The van der Waals surface area contributed by atoms with Crippen LogP contribution < -0.4 is 5.46 Å². The molecule has 5 heteroatoms. The Labute approximate surface area is 136 Å². The molecule has 0 radical (unpaired) electrons. The van der Waals surface area contributed by atoms with E-state index in [1.54, 1.807) is 6.20 Å². The van der Waals surface area contributed by atoms with Gasteiger partial charge >= 0.3 is 7.12 Å². The van der Waals surface area contributed by atoms with E-state index < -0.39 is 14.1 Å². The van der Waals surface area contributed by atoms with Gasteiger partial charge in [-0.05, 0) is 45.6 Å². The Morgan fingerprint density at radius 1 is 1.14 bits per heavy atom. The Hall–Kier alpha value is -1.59. The van der Waals surface area contributed by atoms with E-state index in [1.807, 2.05) is 52.8 Å². The number of aryl methyl sites for hydroxylation is 2. The summed E-state index contributed by atoms with van der Waals surface area (Å²) in [6.07, 6.45) is 3.10. The summed E-state index contributed by atoms with van der Waals surface area (Å²) in [7, 11) is -0.413. The smallest absolute Gasteiger partial charge is 0.399 e. The van der Waals surface area contributed by atoms with E-state index in [-0.39, 0.29) is 11.2 Å². The van der Waals surface area contributed by atoms with Gasteiger partial charge in [0.1, 0.15) is 0 Å². The lowest BCUT2D eigenvalue weighted by molar-refractivity contribution is 0.00578. The van der Waals surface area contributed by atoms with Crippen LogP contribution in [0.4, 0.5) is 0 Å². The monoisotopic (exact) mass is 301 g/mol. The van der Waals surface area contributed by atoms with Crippen LogP contribution in [-0.4, -0.2) is 28.1 Å². The Balaban J connectivity index is 1.89. The molecule has 1 fully saturated rings. The molecular weight excluding hydrogens is 275 g/mol. The van der Waals surface area contributed by atoms with E-state index in [0.717, 1.165) is 26.8 Å². The molecule has 0 N–H and O–H groups in total. The zero-order valence-electron chi connectivity index (χ0n) is 16.7. The van der Waals surface area contributed by atoms with Crippen LogP contribution in [0.1, 0.15) is 37.4 Å². The second-order valence-electron chi connectivity index (χ2n) is 6.83. The molecule has 0 bridgehead atoms. The van der Waals surface area contributed by atoms with Crippen LogP contribution in [-0.2, 0) is 16.3 Å². The highest BCUT2D eigenvalue weighted by Crippen LogP contribution is 2.36. The Bertz CT molecular complexity index is 783. The van der Waals surface area contributed by atoms with E-state index >= 15 is 0 Å². The van der Waals surface area contributed by atoms with E-state index in [2.05, 4.69) is 5.10 Å². The number of hydrogen-bond donors (Lipinski definition) is 0. The highest BCUT2D eigenvalue weighted by molar-refractivity contribution is 6.62. The first-order chi connectivity index (χ1) is 11.4. The van der Waals surface area contributed by atoms with E-state index in [0.29, 0.717) is 0 Å². The lowest BCUT2D eigenvalue weighted by atomic mass is 9.75. The molecule has 1 aromatic heterocycles. The molecule has 3 rings (SSSR count). The standard InChI is InChI=1S/C17H23BN2O2/c1-12-9-13(14-10-19-20(6)11-14)7-8-15(12)18-21-16(2,3)17(4,5)22-18/h7-11H,1-6H3/i6D3. The molecule has 116 valence electrons. The molecule has 2 aromatic rings. The first kappa shape index (κ1) is 11.9. The van der Waals surface area contributed by atoms with Crippen molar-refractivity contribution in [3.8, 4) is 11.1 Å². The summed E-state index contributed by atoms with van der Waals surface area (Å²) >= 11 is 0. The average molecular weight is 301 g/mol. The third-order valence-corrected chi connectivity index (χ3v) is 4.69. The summed E-state index contributed by atoms with van der Waals surface area (Å²) in [6.45, 7) is 7.84. The number of benzene rings is 1. The summed E-state index contributed by atoms with van der Waals surface area (Å²) in [6, 6.07) is 5.91. The highest BCUT2D eigenvalue weighted by Gasteiger charge is 2.51. The SMILES string of the molecule is [2H]C([2H])([2H])n1cc(-c2ccc(B3OC(C)(C)C(C)(C)O3)c(C)c2)cn1. The fourth-order valence-corrected chi connectivity index (χ4v) is 2.56. The molecule has 1 aliphatic heterocycles. The molecule has 4 nitrogen and oxygen atoms in total. The van der Waals surface area contributed by atoms with E-state index in [4.69, 9.17) is 13.4 Å². The summed E-state index contributed by atoms with van der Waals surface area (Å²) < 4.78 is 35.5. The predicted octanol–water partition coefficient (Wildman–Crippen LogP) is 2.69. The van der Waals surface area contributed by atoms with Gasteiger partial charge in [-0.3, -0.25) is 4.68 Å². The van der Waals surface area contributed by atoms with Gasteiger partial charge in [0.15, 0.2) is 0 Å². The maximum atomic E-state index is 7.41. The summed E-state index contributed by atoms with van der Waals surface area (Å²) in [5.41, 5.74) is 2.91. The maximum absolute atomic E-state index is 7.41. The fraction of sp³-hybridized carbons (Fsp3) is 0.471. The maximum Gasteiger partial charge on any atom is 0.495 e. The minimum atomic E-state index is -2.27. The normalized spacial score (nSPS) is 22.2. The molecule has 0 atom stereocenters. The van der Waals surface area contributed by atoms with Crippen molar-refractivity contribution in [2.24, 2.45) is 6.98 Å². The predicted molar refractivity (Wildman–Crippen MR) is 89.1 cm³/mol. The molecule has 0 aliphatic carbocycles. The highest BCUT2D eigenvalue weighted by atomic mass is 16.7. The quantitative estimate of drug-likeness (QED) is 0.800. The average Bonchev–Trinajstić information content (AvgIpc) is 3.02. The van der Waals surface area contributed by atoms with Gasteiger partial charge in [0, 0.05) is 22.8 Å². The summed E-state index contributed by atoms with van der Waals surface area (Å²) in [5.74, 6) is 0. The van der Waals surface area contributed by atoms with Crippen molar-refractivity contribution in [1.82, 2.24) is 9.78 Å². The second-order valence-corrected chi connectivity index (χ2v) is 6.83. The largest absolute Gasteiger partial charge is 0.495 e. The van der Waals surface area contributed by atoms with E-state index in [1.165, 1.54) is 6.20 Å². The van der Waals surface area contributed by atoms with Gasteiger partial charge in [-0.2, -0.15) is 5.10 Å². The molecular formula is C17H23BN2O2. The topological polar surface area (TPSA) is 36.3 Å². The molecule has 22 heavy (non-hydrogen) atoms. The fourth-order valence-electron chi connectivity index (χ4n) is 2.56. The first-order valence-corrected chi connectivity index (χ1v) is 7.42. The molecule has 0 amide bonds. The van der Waals surface area contributed by atoms with Crippen molar-refractivity contribution in [1.29, 1.82) is 0 Å². The van der Waals surface area contributed by atoms with Crippen LogP contribution in [0.3, 0.4) is 0 Å². The van der Waals surface area contributed by atoms with Crippen molar-refractivity contribution in [2.75, 3.05) is 0 Å². The van der Waals surface area contributed by atoms with Crippen LogP contribution in [0.2, 0.25) is 0 Å². The van der Waals surface area contributed by atoms with Gasteiger partial charge in [0.2, 0.25) is 0 Å². The summed E-state index contributed by atoms with van der Waals surface area (Å²) in [5, 5.41) is 3.94. The van der Waals surface area contributed by atoms with Gasteiger partial charge < -0.3 is 9.31 Å². The van der Waals surface area contributed by atoms with Crippen LogP contribution in [0.25, 0.3) is 11.1 Å². The molecule has 1 aliphatic rings. The van der Waals surface area contributed by atoms with Crippen molar-refractivity contribution >= 4 is 12.6 Å². The molecule has 0 saturated carbocycles. The lowest BCUT2D eigenvalue weighted by Crippen LogP contribution is -2.41. The number of hydrogen-bond acceptors (Lipinski definition) is 3. The lowest BCUT2D eigenvalue weighted by Gasteiger charge is -2.32. The van der Waals surface area contributed by atoms with Crippen LogP contribution in [0, 0.1) is 6.92 Å². The zero-order valence-corrected chi connectivity index (χ0v) is 13.7. The molecule has 1 aromatic carbocycles. The Morgan fingerprint density at radius 2 is 1.82 bits per heavy atom. The molecule has 0 spiro atoms. The minimum Gasteiger partial charge on any atom is -0.399 e. The Kier molecular flexibility index (Phi) is 2.69. The zero-order chi connectivity index (χ0) is 18.6. The van der Waals surface area contributed by atoms with E-state index in [9.17, 15) is 0 Å². The first-order valence-electron chi connectivity index (χ1n) is 8.92. The van der Waals surface area contributed by atoms with Crippen LogP contribution in [0.15, 0.2) is 30.6 Å². The number of nitrogens with zero attached hydrogens (tertiary/aromatic N) is 2. The molecule has 1 saturated heterocycles. The molecule has 0 unspecified atom stereocenters. The van der Waals surface area contributed by atoms with Gasteiger partial charge in [-0.15, -0.1) is 0 Å². The van der Waals surface area contributed by atoms with Gasteiger partial charge in [-0.25, -0.2) is 0 Å². The third-order valence-electron chi connectivity index (χ3n) is 4.69. The third kappa shape index (κ3) is 2.48. The van der Waals surface area contributed by atoms with Gasteiger partial charge in [0.25, 0.3) is 0 Å². The van der Waals surface area contributed by atoms with Crippen LogP contribution >= 0.6 is 0 Å². The van der Waals surface area contributed by atoms with Crippen molar-refractivity contribution in [3.05, 3.63) is 36.2 Å². The summed E-state index contributed by atoms with van der Waals surface area (Å²) in [4.78, 5) is 0. The van der Waals surface area contributed by atoms with Crippen molar-refractivity contribution in [3.63, 3.8) is 0 Å². The second kappa shape index (κ2) is 4.96. The van der Waals surface area contributed by atoms with Crippen molar-refractivity contribution in [2.45, 2.75) is 45.8 Å². The molecule has 2 heterocycles. The number of aromatic nitrogens is 2. The Morgan fingerprint density at radius 3 is 2.36 bits per heavy atom. The van der Waals surface area contributed by atoms with Crippen LogP contribution in [0.5, 0.6) is 0 Å². The van der Waals surface area contributed by atoms with Crippen molar-refractivity contribution < 1.29 is 13.4 Å². The number of rotatable bonds is 2. The minimum absolute atomic E-state index is 0.385.